The molecule has 0 spiro atoms. The van der Waals surface area contributed by atoms with Crippen LogP contribution in [0.25, 0.3) is 6.58 Å². The lowest BCUT2D eigenvalue weighted by molar-refractivity contribution is 0.867. The summed E-state index contributed by atoms with van der Waals surface area (Å²) >= 11 is 0. The Kier molecular flexibility index (Phi) is 3.69. The molecule has 1 aliphatic heterocycles. The monoisotopic (exact) mass is 308 g/mol. The smallest absolute Gasteiger partial charge is 0.117 e. The van der Waals surface area contributed by atoms with Crippen molar-refractivity contribution in [2.45, 2.75) is 26.9 Å². The summed E-state index contributed by atoms with van der Waals surface area (Å²) in [4.78, 5) is 7.29. The fraction of sp³-hybridized carbons (Fsp3) is 0.316. The number of hydrogen-bond donors (Lipinski definition) is 0. The van der Waals surface area contributed by atoms with Crippen molar-refractivity contribution in [3.63, 3.8) is 0 Å². The molecule has 2 aromatic carbocycles. The quantitative estimate of drug-likeness (QED) is 0.792. The Morgan fingerprint density at radius 2 is 1.73 bits per heavy atom. The topological polar surface area (TPSA) is 15.6 Å². The molecule has 0 unspecified atom stereocenters. The van der Waals surface area contributed by atoms with Gasteiger partial charge >= 0.3 is 0 Å². The average Bonchev–Trinajstić information content (AvgIpc) is 2.50. The molecule has 3 heteroatoms. The third-order valence-electron chi connectivity index (χ3n) is 4.76. The Balaban J connectivity index is 2.24. The summed E-state index contributed by atoms with van der Waals surface area (Å²) in [5, 5.41) is 5.06. The summed E-state index contributed by atoms with van der Waals surface area (Å²) in [6.45, 7) is 15.4. The Hall–Kier alpha value is -1.87. The molecule has 1 heterocycles. The van der Waals surface area contributed by atoms with Gasteiger partial charge in [-0.15, -0.1) is 0 Å². The fourth-order valence-electron chi connectivity index (χ4n) is 3.36. The third-order valence-corrected chi connectivity index (χ3v) is 8.25. The zero-order chi connectivity index (χ0) is 15.9. The first-order chi connectivity index (χ1) is 10.5. The molecule has 0 atom stereocenters. The molecule has 0 bridgehead atoms. The van der Waals surface area contributed by atoms with Gasteiger partial charge in [-0.25, -0.2) is 4.99 Å². The minimum Gasteiger partial charge on any atom is -0.372 e. The molecule has 0 saturated carbocycles. The van der Waals surface area contributed by atoms with E-state index >= 15 is 0 Å². The van der Waals surface area contributed by atoms with Gasteiger partial charge in [-0.2, -0.15) is 0 Å². The van der Waals surface area contributed by atoms with E-state index in [1.54, 1.807) is 0 Å². The van der Waals surface area contributed by atoms with Crippen LogP contribution in [0.5, 0.6) is 0 Å². The van der Waals surface area contributed by atoms with Crippen LogP contribution >= 0.6 is 0 Å². The zero-order valence-corrected chi connectivity index (χ0v) is 15.0. The van der Waals surface area contributed by atoms with E-state index in [0.29, 0.717) is 0 Å². The first-order valence-corrected chi connectivity index (χ1v) is 11.0. The van der Waals surface area contributed by atoms with E-state index in [-0.39, 0.29) is 0 Å². The highest BCUT2D eigenvalue weighted by Gasteiger charge is 2.33. The lowest BCUT2D eigenvalue weighted by Crippen LogP contribution is -2.61. The van der Waals surface area contributed by atoms with E-state index in [4.69, 9.17) is 4.99 Å². The van der Waals surface area contributed by atoms with Crippen LogP contribution in [0.1, 0.15) is 13.8 Å². The van der Waals surface area contributed by atoms with Crippen molar-refractivity contribution < 1.29 is 0 Å². The first-order valence-electron chi connectivity index (χ1n) is 8.05. The van der Waals surface area contributed by atoms with E-state index in [1.807, 2.05) is 0 Å². The van der Waals surface area contributed by atoms with E-state index < -0.39 is 8.07 Å². The van der Waals surface area contributed by atoms with Gasteiger partial charge in [0.15, 0.2) is 0 Å². The summed E-state index contributed by atoms with van der Waals surface area (Å²) in [6.07, 6.45) is 0. The summed E-state index contributed by atoms with van der Waals surface area (Å²) in [5.74, 6) is 0. The van der Waals surface area contributed by atoms with E-state index in [9.17, 15) is 0 Å². The molecule has 22 heavy (non-hydrogen) atoms. The molecule has 3 rings (SSSR count). The predicted molar refractivity (Wildman–Crippen MR) is 99.2 cm³/mol. The summed E-state index contributed by atoms with van der Waals surface area (Å²) < 4.78 is 0. The Morgan fingerprint density at radius 3 is 2.41 bits per heavy atom. The van der Waals surface area contributed by atoms with Crippen LogP contribution in [0.15, 0.2) is 41.4 Å². The van der Waals surface area contributed by atoms with Gasteiger partial charge in [0.2, 0.25) is 0 Å². The van der Waals surface area contributed by atoms with Crippen molar-refractivity contribution in [3.8, 4) is 0 Å². The maximum atomic E-state index is 4.89. The van der Waals surface area contributed by atoms with Gasteiger partial charge in [-0.3, -0.25) is 0 Å². The molecule has 114 valence electrons. The maximum Gasteiger partial charge on any atom is 0.117 e. The third kappa shape index (κ3) is 2.30. The maximum absolute atomic E-state index is 4.89. The summed E-state index contributed by atoms with van der Waals surface area (Å²) in [6, 6.07) is 13.2. The average molecular weight is 309 g/mol. The minimum absolute atomic E-state index is 1.04. The lowest BCUT2D eigenvalue weighted by atomic mass is 10.2. The molecule has 0 fully saturated rings. The van der Waals surface area contributed by atoms with E-state index in [0.717, 1.165) is 29.4 Å². The molecule has 0 N–H and O–H groups in total. The molecule has 2 nitrogen and oxygen atoms in total. The van der Waals surface area contributed by atoms with E-state index in [2.05, 4.69) is 74.8 Å². The van der Waals surface area contributed by atoms with Gasteiger partial charge in [0.1, 0.15) is 8.07 Å². The highest BCUT2D eigenvalue weighted by molar-refractivity contribution is 7.01. The molecule has 0 saturated heterocycles. The molecular weight excluding hydrogens is 284 g/mol. The number of anilines is 1. The molecule has 0 amide bonds. The zero-order valence-electron chi connectivity index (χ0n) is 14.0. The Morgan fingerprint density at radius 1 is 1.00 bits per heavy atom. The van der Waals surface area contributed by atoms with Crippen LogP contribution in [0.3, 0.4) is 0 Å². The minimum atomic E-state index is -1.73. The van der Waals surface area contributed by atoms with Crippen LogP contribution in [-0.2, 0) is 0 Å². The second-order valence-corrected chi connectivity index (χ2v) is 10.8. The highest BCUT2D eigenvalue weighted by Crippen LogP contribution is 2.22. The van der Waals surface area contributed by atoms with Gasteiger partial charge in [0.05, 0.1) is 11.0 Å². The van der Waals surface area contributed by atoms with Gasteiger partial charge in [-0.1, -0.05) is 31.8 Å². The van der Waals surface area contributed by atoms with Gasteiger partial charge in [0, 0.05) is 18.8 Å². The van der Waals surface area contributed by atoms with Gasteiger partial charge in [0.25, 0.3) is 0 Å². The van der Waals surface area contributed by atoms with Crippen LogP contribution in [0.4, 0.5) is 11.4 Å². The summed E-state index contributed by atoms with van der Waals surface area (Å²) in [5.41, 5.74) is 2.46. The van der Waals surface area contributed by atoms with Crippen molar-refractivity contribution in [1.82, 2.24) is 0 Å². The van der Waals surface area contributed by atoms with Crippen molar-refractivity contribution >= 4 is 36.4 Å². The highest BCUT2D eigenvalue weighted by atomic mass is 28.3. The van der Waals surface area contributed by atoms with Crippen molar-refractivity contribution in [1.29, 1.82) is 0 Å². The lowest BCUT2D eigenvalue weighted by Gasteiger charge is -2.31. The van der Waals surface area contributed by atoms with Crippen LogP contribution in [0, 0.1) is 0 Å². The second kappa shape index (κ2) is 5.40. The van der Waals surface area contributed by atoms with Crippen LogP contribution < -0.4 is 25.8 Å². The molecule has 0 radical (unpaired) electrons. The Bertz CT molecular complexity index is 820. The van der Waals surface area contributed by atoms with Gasteiger partial charge in [-0.05, 0) is 53.7 Å². The standard InChI is InChI=1S/C19H24N2Si/c1-6-21(7-2)15-9-11-17-19(13-15)22(4,5)18-12-14(3)8-10-16(18)20-17/h8-13H,3,6-7H2,1-2,4-5H3. The number of fused-ring (bicyclic) bond motifs is 2. The molecule has 1 aliphatic rings. The fourth-order valence-corrected chi connectivity index (χ4v) is 6.27. The molecule has 0 aromatic heterocycles. The number of nitrogens with zero attached hydrogens (tertiary/aromatic N) is 2. The normalized spacial score (nSPS) is 14.7. The number of benzene rings is 2. The van der Waals surface area contributed by atoms with E-state index in [1.165, 1.54) is 16.1 Å². The first kappa shape index (κ1) is 15.0. The number of hydrogen-bond acceptors (Lipinski definition) is 2. The van der Waals surface area contributed by atoms with Crippen molar-refractivity contribution in [2.24, 2.45) is 4.99 Å². The summed E-state index contributed by atoms with van der Waals surface area (Å²) in [7, 11) is -1.73. The van der Waals surface area contributed by atoms with Crippen molar-refractivity contribution in [2.75, 3.05) is 18.0 Å². The SMILES string of the molecule is C=c1ccc2c(c1)[Si](C)(C)c1cc(N(CC)CC)ccc1N=2. The second-order valence-electron chi connectivity index (χ2n) is 6.46. The molecule has 0 aliphatic carbocycles. The van der Waals surface area contributed by atoms with Gasteiger partial charge < -0.3 is 4.90 Å². The van der Waals surface area contributed by atoms with Crippen molar-refractivity contribution in [3.05, 3.63) is 47.0 Å². The predicted octanol–water partition coefficient (Wildman–Crippen LogP) is 2.03. The van der Waals surface area contributed by atoms with Crippen LogP contribution in [0.2, 0.25) is 13.1 Å². The number of rotatable bonds is 3. The van der Waals surface area contributed by atoms with Crippen LogP contribution in [-0.4, -0.2) is 21.2 Å². The Labute approximate surface area is 133 Å². The molecule has 2 aromatic rings. The largest absolute Gasteiger partial charge is 0.372 e. The molecular formula is C19H24N2Si.